The Morgan fingerprint density at radius 3 is 3.00 bits per heavy atom. The number of carbonyl (C=O) groups excluding carboxylic acids is 1. The van der Waals surface area contributed by atoms with E-state index < -0.39 is 5.97 Å². The summed E-state index contributed by atoms with van der Waals surface area (Å²) in [5.74, 6) is -0.910. The third-order valence-electron chi connectivity index (χ3n) is 2.91. The summed E-state index contributed by atoms with van der Waals surface area (Å²) >= 11 is 1.09. The van der Waals surface area contributed by atoms with Crippen LogP contribution >= 0.6 is 11.3 Å². The standard InChI is InChI=1S/C13H11N3O3S/c1-7-9(8-5-3-4-6-16(8)15-7)12-14-11(17)10(20-12)13(18)19-2/h3-6,17H,1-2H3. The van der Waals surface area contributed by atoms with Gasteiger partial charge in [-0.2, -0.15) is 5.10 Å². The summed E-state index contributed by atoms with van der Waals surface area (Å²) in [7, 11) is 1.27. The lowest BCUT2D eigenvalue weighted by Gasteiger charge is -1.94. The number of methoxy groups -OCH3 is 1. The zero-order valence-electron chi connectivity index (χ0n) is 10.8. The van der Waals surface area contributed by atoms with Gasteiger partial charge in [0.25, 0.3) is 0 Å². The Balaban J connectivity index is 2.21. The van der Waals surface area contributed by atoms with Crippen LogP contribution in [0.25, 0.3) is 16.1 Å². The van der Waals surface area contributed by atoms with Crippen molar-refractivity contribution < 1.29 is 14.6 Å². The third kappa shape index (κ3) is 1.83. The van der Waals surface area contributed by atoms with Gasteiger partial charge in [0.2, 0.25) is 5.88 Å². The molecule has 0 saturated carbocycles. The summed E-state index contributed by atoms with van der Waals surface area (Å²) in [4.78, 5) is 15.7. The van der Waals surface area contributed by atoms with Crippen LogP contribution in [0.2, 0.25) is 0 Å². The SMILES string of the molecule is COC(=O)c1sc(-c2c(C)nn3ccccc23)nc1O. The summed E-state index contributed by atoms with van der Waals surface area (Å²) in [6, 6.07) is 5.68. The minimum Gasteiger partial charge on any atom is -0.492 e. The number of rotatable bonds is 2. The van der Waals surface area contributed by atoms with E-state index in [2.05, 4.69) is 14.8 Å². The summed E-state index contributed by atoms with van der Waals surface area (Å²) in [6.07, 6.45) is 1.83. The molecule has 0 aliphatic heterocycles. The van der Waals surface area contributed by atoms with Gasteiger partial charge in [-0.1, -0.05) is 6.07 Å². The van der Waals surface area contributed by atoms with Gasteiger partial charge in [-0.3, -0.25) is 0 Å². The van der Waals surface area contributed by atoms with Gasteiger partial charge in [0.15, 0.2) is 4.88 Å². The first kappa shape index (κ1) is 12.6. The fraction of sp³-hybridized carbons (Fsp3) is 0.154. The molecule has 0 saturated heterocycles. The van der Waals surface area contributed by atoms with E-state index in [1.807, 2.05) is 31.3 Å². The average Bonchev–Trinajstić information content (AvgIpc) is 2.97. The monoisotopic (exact) mass is 289 g/mol. The first-order valence-corrected chi connectivity index (χ1v) is 6.66. The van der Waals surface area contributed by atoms with E-state index in [1.54, 1.807) is 4.52 Å². The van der Waals surface area contributed by atoms with Gasteiger partial charge >= 0.3 is 5.97 Å². The molecule has 3 aromatic heterocycles. The van der Waals surface area contributed by atoms with E-state index in [1.165, 1.54) is 7.11 Å². The molecule has 0 aliphatic rings. The lowest BCUT2D eigenvalue weighted by Crippen LogP contribution is -1.97. The van der Waals surface area contributed by atoms with Gasteiger partial charge in [-0.05, 0) is 19.1 Å². The molecule has 20 heavy (non-hydrogen) atoms. The molecule has 3 heterocycles. The number of hydrogen-bond acceptors (Lipinski definition) is 6. The number of thiazole rings is 1. The molecule has 0 radical (unpaired) electrons. The first-order valence-electron chi connectivity index (χ1n) is 5.84. The van der Waals surface area contributed by atoms with Crippen molar-refractivity contribution in [2.24, 2.45) is 0 Å². The van der Waals surface area contributed by atoms with E-state index in [9.17, 15) is 9.90 Å². The largest absolute Gasteiger partial charge is 0.492 e. The molecule has 0 bridgehead atoms. The van der Waals surface area contributed by atoms with E-state index in [0.717, 1.165) is 28.1 Å². The number of aryl methyl sites for hydroxylation is 1. The highest BCUT2D eigenvalue weighted by molar-refractivity contribution is 7.17. The maximum absolute atomic E-state index is 11.5. The topological polar surface area (TPSA) is 76.7 Å². The van der Waals surface area contributed by atoms with Crippen LogP contribution in [0.4, 0.5) is 0 Å². The first-order chi connectivity index (χ1) is 9.61. The molecule has 6 nitrogen and oxygen atoms in total. The Hall–Kier alpha value is -2.41. The van der Waals surface area contributed by atoms with Crippen LogP contribution in [-0.4, -0.2) is 32.8 Å². The van der Waals surface area contributed by atoms with Gasteiger partial charge in [-0.25, -0.2) is 14.3 Å². The van der Waals surface area contributed by atoms with Crippen LogP contribution in [0.3, 0.4) is 0 Å². The van der Waals surface area contributed by atoms with Crippen molar-refractivity contribution in [2.75, 3.05) is 7.11 Å². The predicted octanol–water partition coefficient (Wildman–Crippen LogP) is 2.26. The van der Waals surface area contributed by atoms with Crippen LogP contribution in [0, 0.1) is 6.92 Å². The van der Waals surface area contributed by atoms with E-state index in [-0.39, 0.29) is 10.8 Å². The number of hydrogen-bond donors (Lipinski definition) is 1. The fourth-order valence-electron chi connectivity index (χ4n) is 2.03. The average molecular weight is 289 g/mol. The molecule has 0 spiro atoms. The van der Waals surface area contributed by atoms with E-state index in [0.29, 0.717) is 5.01 Å². The van der Waals surface area contributed by atoms with E-state index in [4.69, 9.17) is 0 Å². The molecule has 0 atom stereocenters. The third-order valence-corrected chi connectivity index (χ3v) is 3.95. The van der Waals surface area contributed by atoms with Crippen molar-refractivity contribution in [2.45, 2.75) is 6.92 Å². The molecule has 102 valence electrons. The number of fused-ring (bicyclic) bond motifs is 1. The Bertz CT molecular complexity index is 806. The maximum atomic E-state index is 11.5. The van der Waals surface area contributed by atoms with Crippen LogP contribution in [-0.2, 0) is 4.74 Å². The number of pyridine rings is 1. The molecule has 0 aliphatic carbocycles. The normalized spacial score (nSPS) is 10.9. The number of esters is 1. The van der Waals surface area contributed by atoms with Crippen LogP contribution in [0.5, 0.6) is 5.88 Å². The van der Waals surface area contributed by atoms with E-state index >= 15 is 0 Å². The fourth-order valence-corrected chi connectivity index (χ4v) is 3.01. The Labute approximate surface area is 118 Å². The van der Waals surface area contributed by atoms with Crippen molar-refractivity contribution in [3.63, 3.8) is 0 Å². The van der Waals surface area contributed by atoms with Gasteiger partial charge in [0, 0.05) is 6.20 Å². The van der Waals surface area contributed by atoms with Crippen LogP contribution in [0.15, 0.2) is 24.4 Å². The number of aromatic nitrogens is 3. The quantitative estimate of drug-likeness (QED) is 0.732. The summed E-state index contributed by atoms with van der Waals surface area (Å²) in [5, 5.41) is 14.7. The molecular weight excluding hydrogens is 278 g/mol. The number of aromatic hydroxyl groups is 1. The van der Waals surface area contributed by atoms with Crippen molar-refractivity contribution in [3.8, 4) is 16.5 Å². The zero-order chi connectivity index (χ0) is 14.3. The Morgan fingerprint density at radius 1 is 1.45 bits per heavy atom. The molecule has 0 unspecified atom stereocenters. The minimum atomic E-state index is -0.597. The highest BCUT2D eigenvalue weighted by Gasteiger charge is 2.22. The highest BCUT2D eigenvalue weighted by atomic mass is 32.1. The second-order valence-electron chi connectivity index (χ2n) is 4.15. The van der Waals surface area contributed by atoms with Gasteiger partial charge in [0.1, 0.15) is 5.01 Å². The predicted molar refractivity (Wildman–Crippen MR) is 74.0 cm³/mol. The van der Waals surface area contributed by atoms with Crippen LogP contribution in [0.1, 0.15) is 15.4 Å². The van der Waals surface area contributed by atoms with Gasteiger partial charge in [0.05, 0.1) is 23.9 Å². The number of carbonyl (C=O) groups is 1. The van der Waals surface area contributed by atoms with Gasteiger partial charge < -0.3 is 9.84 Å². The molecule has 0 fully saturated rings. The van der Waals surface area contributed by atoms with Crippen molar-refractivity contribution in [1.29, 1.82) is 0 Å². The molecule has 0 aromatic carbocycles. The molecular formula is C13H11N3O3S. The molecule has 3 rings (SSSR count). The summed E-state index contributed by atoms with van der Waals surface area (Å²) in [5.41, 5.74) is 2.46. The lowest BCUT2D eigenvalue weighted by molar-refractivity contribution is 0.0603. The van der Waals surface area contributed by atoms with Crippen LogP contribution < -0.4 is 0 Å². The number of ether oxygens (including phenoxy) is 1. The van der Waals surface area contributed by atoms with Crippen molar-refractivity contribution >= 4 is 22.8 Å². The van der Waals surface area contributed by atoms with Crippen molar-refractivity contribution in [3.05, 3.63) is 35.0 Å². The minimum absolute atomic E-state index is 0.0946. The smallest absolute Gasteiger partial charge is 0.353 e. The number of nitrogens with zero attached hydrogens (tertiary/aromatic N) is 3. The molecule has 7 heteroatoms. The molecule has 3 aromatic rings. The Morgan fingerprint density at radius 2 is 2.25 bits per heavy atom. The van der Waals surface area contributed by atoms with Crippen molar-refractivity contribution in [1.82, 2.24) is 14.6 Å². The summed E-state index contributed by atoms with van der Waals surface area (Å²) < 4.78 is 6.35. The lowest BCUT2D eigenvalue weighted by atomic mass is 10.2. The summed E-state index contributed by atoms with van der Waals surface area (Å²) in [6.45, 7) is 1.86. The maximum Gasteiger partial charge on any atom is 0.353 e. The molecule has 1 N–H and O–H groups in total. The zero-order valence-corrected chi connectivity index (χ0v) is 11.6. The second-order valence-corrected chi connectivity index (χ2v) is 5.15. The molecule has 0 amide bonds. The second kappa shape index (κ2) is 4.61. The Kier molecular flexibility index (Phi) is 2.90. The van der Waals surface area contributed by atoms with Gasteiger partial charge in [-0.15, -0.1) is 11.3 Å². The highest BCUT2D eigenvalue weighted by Crippen LogP contribution is 2.36.